The standard InChI is InChI=1S/C18H21N5O/c1-19-18(20-11-14-5-4-10-24-14)21-12-17-22-15-6-2-3-7-16(15)23(17)13-8-9-13/h2-7,10,13H,8-9,11-12H2,1H3,(H2,19,20,21). The number of aliphatic imine (C=N–C) groups is 1. The summed E-state index contributed by atoms with van der Waals surface area (Å²) < 4.78 is 7.69. The SMILES string of the molecule is CN=C(NCc1ccco1)NCc1nc2ccccc2n1C1CC1. The van der Waals surface area contributed by atoms with Crippen molar-refractivity contribution < 1.29 is 4.42 Å². The zero-order valence-electron chi connectivity index (χ0n) is 13.7. The smallest absolute Gasteiger partial charge is 0.191 e. The Balaban J connectivity index is 1.46. The predicted octanol–water partition coefficient (Wildman–Crippen LogP) is 2.83. The van der Waals surface area contributed by atoms with E-state index in [1.54, 1.807) is 13.3 Å². The molecule has 0 bridgehead atoms. The minimum atomic E-state index is 0.590. The van der Waals surface area contributed by atoms with Crippen LogP contribution in [0.3, 0.4) is 0 Å². The van der Waals surface area contributed by atoms with Crippen molar-refractivity contribution in [2.45, 2.75) is 32.0 Å². The van der Waals surface area contributed by atoms with Gasteiger partial charge in [0, 0.05) is 13.1 Å². The Labute approximate surface area is 140 Å². The van der Waals surface area contributed by atoms with Crippen LogP contribution in [-0.4, -0.2) is 22.6 Å². The Bertz CT molecular complexity index is 846. The number of imidazole rings is 1. The van der Waals surface area contributed by atoms with Crippen molar-refractivity contribution in [3.8, 4) is 0 Å². The Morgan fingerprint density at radius 3 is 2.79 bits per heavy atom. The van der Waals surface area contributed by atoms with E-state index in [4.69, 9.17) is 9.40 Å². The quantitative estimate of drug-likeness (QED) is 0.560. The van der Waals surface area contributed by atoms with Gasteiger partial charge in [-0.2, -0.15) is 0 Å². The summed E-state index contributed by atoms with van der Waals surface area (Å²) in [6.07, 6.45) is 4.14. The van der Waals surface area contributed by atoms with Gasteiger partial charge in [0.05, 0.1) is 30.4 Å². The van der Waals surface area contributed by atoms with Gasteiger partial charge in [-0.1, -0.05) is 12.1 Å². The number of rotatable bonds is 5. The predicted molar refractivity (Wildman–Crippen MR) is 93.8 cm³/mol. The van der Waals surface area contributed by atoms with E-state index < -0.39 is 0 Å². The lowest BCUT2D eigenvalue weighted by atomic mass is 10.3. The second-order valence-corrected chi connectivity index (χ2v) is 5.98. The highest BCUT2D eigenvalue weighted by molar-refractivity contribution is 5.80. The number of nitrogens with zero attached hydrogens (tertiary/aromatic N) is 3. The summed E-state index contributed by atoms with van der Waals surface area (Å²) in [5, 5.41) is 6.59. The second-order valence-electron chi connectivity index (χ2n) is 5.98. The molecule has 1 aromatic carbocycles. The summed E-state index contributed by atoms with van der Waals surface area (Å²) in [5.74, 6) is 2.67. The number of nitrogens with one attached hydrogen (secondary N) is 2. The first kappa shape index (κ1) is 14.8. The first-order chi connectivity index (χ1) is 11.8. The van der Waals surface area contributed by atoms with Gasteiger partial charge in [0.1, 0.15) is 11.6 Å². The van der Waals surface area contributed by atoms with Gasteiger partial charge >= 0.3 is 0 Å². The van der Waals surface area contributed by atoms with Gasteiger partial charge in [-0.3, -0.25) is 4.99 Å². The number of hydrogen-bond donors (Lipinski definition) is 2. The summed E-state index contributed by atoms with van der Waals surface area (Å²) in [4.78, 5) is 9.05. The van der Waals surface area contributed by atoms with Gasteiger partial charge in [-0.25, -0.2) is 4.98 Å². The van der Waals surface area contributed by atoms with Crippen LogP contribution in [0.25, 0.3) is 11.0 Å². The molecule has 0 atom stereocenters. The largest absolute Gasteiger partial charge is 0.467 e. The fraction of sp³-hybridized carbons (Fsp3) is 0.333. The van der Waals surface area contributed by atoms with Crippen molar-refractivity contribution in [3.05, 3.63) is 54.2 Å². The molecule has 0 amide bonds. The molecule has 0 saturated heterocycles. The number of para-hydroxylation sites is 2. The number of hydrogen-bond acceptors (Lipinski definition) is 3. The molecular weight excluding hydrogens is 302 g/mol. The molecule has 4 rings (SSSR count). The van der Waals surface area contributed by atoms with Gasteiger partial charge in [0.25, 0.3) is 0 Å². The maximum absolute atomic E-state index is 5.33. The van der Waals surface area contributed by atoms with Crippen LogP contribution in [0.2, 0.25) is 0 Å². The molecule has 1 saturated carbocycles. The summed E-state index contributed by atoms with van der Waals surface area (Å²) in [6, 6.07) is 12.7. The van der Waals surface area contributed by atoms with Crippen LogP contribution in [-0.2, 0) is 13.1 Å². The van der Waals surface area contributed by atoms with E-state index in [9.17, 15) is 0 Å². The zero-order chi connectivity index (χ0) is 16.4. The minimum absolute atomic E-state index is 0.590. The Morgan fingerprint density at radius 2 is 2.04 bits per heavy atom. The summed E-state index contributed by atoms with van der Waals surface area (Å²) >= 11 is 0. The molecule has 2 N–H and O–H groups in total. The topological polar surface area (TPSA) is 67.4 Å². The summed E-state index contributed by atoms with van der Waals surface area (Å²) in [7, 11) is 1.77. The third-order valence-corrected chi connectivity index (χ3v) is 4.23. The zero-order valence-corrected chi connectivity index (χ0v) is 13.7. The number of aromatic nitrogens is 2. The van der Waals surface area contributed by atoms with E-state index in [0.717, 1.165) is 23.1 Å². The molecule has 0 aliphatic heterocycles. The van der Waals surface area contributed by atoms with E-state index in [1.165, 1.54) is 18.4 Å². The first-order valence-electron chi connectivity index (χ1n) is 8.28. The molecule has 24 heavy (non-hydrogen) atoms. The lowest BCUT2D eigenvalue weighted by Crippen LogP contribution is -2.36. The highest BCUT2D eigenvalue weighted by Gasteiger charge is 2.27. The van der Waals surface area contributed by atoms with Gasteiger partial charge < -0.3 is 19.6 Å². The fourth-order valence-corrected chi connectivity index (χ4v) is 2.93. The normalized spacial score (nSPS) is 15.0. The van der Waals surface area contributed by atoms with E-state index in [-0.39, 0.29) is 0 Å². The van der Waals surface area contributed by atoms with Crippen LogP contribution < -0.4 is 10.6 Å². The average molecular weight is 323 g/mol. The molecule has 6 nitrogen and oxygen atoms in total. The second kappa shape index (κ2) is 6.39. The maximum atomic E-state index is 5.33. The van der Waals surface area contributed by atoms with Crippen LogP contribution in [0.5, 0.6) is 0 Å². The van der Waals surface area contributed by atoms with Crippen LogP contribution in [0.4, 0.5) is 0 Å². The van der Waals surface area contributed by atoms with Crippen molar-refractivity contribution in [2.75, 3.05) is 7.05 Å². The van der Waals surface area contributed by atoms with Crippen LogP contribution in [0.1, 0.15) is 30.5 Å². The van der Waals surface area contributed by atoms with Gasteiger partial charge in [-0.05, 0) is 37.1 Å². The first-order valence-corrected chi connectivity index (χ1v) is 8.28. The van der Waals surface area contributed by atoms with Crippen molar-refractivity contribution >= 4 is 17.0 Å². The lowest BCUT2D eigenvalue weighted by molar-refractivity contribution is 0.501. The molecule has 2 aromatic heterocycles. The van der Waals surface area contributed by atoms with E-state index >= 15 is 0 Å². The third-order valence-electron chi connectivity index (χ3n) is 4.23. The Hall–Kier alpha value is -2.76. The highest BCUT2D eigenvalue weighted by Crippen LogP contribution is 2.38. The molecule has 124 valence electrons. The summed E-state index contributed by atoms with van der Waals surface area (Å²) in [6.45, 7) is 1.24. The molecule has 0 spiro atoms. The average Bonchev–Trinajstić information content (AvgIpc) is 3.18. The lowest BCUT2D eigenvalue weighted by Gasteiger charge is -2.12. The number of fused-ring (bicyclic) bond motifs is 1. The molecular formula is C18H21N5O. The van der Waals surface area contributed by atoms with Gasteiger partial charge in [-0.15, -0.1) is 0 Å². The van der Waals surface area contributed by atoms with E-state index in [1.807, 2.05) is 18.2 Å². The van der Waals surface area contributed by atoms with Crippen molar-refractivity contribution in [1.29, 1.82) is 0 Å². The van der Waals surface area contributed by atoms with Gasteiger partial charge in [0.15, 0.2) is 5.96 Å². The third kappa shape index (κ3) is 2.99. The van der Waals surface area contributed by atoms with Crippen LogP contribution in [0.15, 0.2) is 52.1 Å². The maximum Gasteiger partial charge on any atom is 0.191 e. The molecule has 3 aromatic rings. The van der Waals surface area contributed by atoms with E-state index in [2.05, 4.69) is 38.4 Å². The number of benzene rings is 1. The van der Waals surface area contributed by atoms with Crippen LogP contribution >= 0.6 is 0 Å². The highest BCUT2D eigenvalue weighted by atomic mass is 16.3. The Kier molecular flexibility index (Phi) is 3.94. The molecule has 1 aliphatic rings. The fourth-order valence-electron chi connectivity index (χ4n) is 2.93. The number of furan rings is 1. The molecule has 0 unspecified atom stereocenters. The summed E-state index contributed by atoms with van der Waals surface area (Å²) in [5.41, 5.74) is 2.27. The molecule has 2 heterocycles. The molecule has 1 fully saturated rings. The minimum Gasteiger partial charge on any atom is -0.467 e. The number of guanidine groups is 1. The molecule has 0 radical (unpaired) electrons. The van der Waals surface area contributed by atoms with E-state index in [0.29, 0.717) is 19.1 Å². The van der Waals surface area contributed by atoms with Gasteiger partial charge in [0.2, 0.25) is 0 Å². The molecule has 6 heteroatoms. The van der Waals surface area contributed by atoms with Crippen LogP contribution in [0, 0.1) is 0 Å². The van der Waals surface area contributed by atoms with Crippen molar-refractivity contribution in [2.24, 2.45) is 4.99 Å². The molecule has 1 aliphatic carbocycles. The monoisotopic (exact) mass is 323 g/mol. The van der Waals surface area contributed by atoms with Crippen molar-refractivity contribution in [1.82, 2.24) is 20.2 Å². The Morgan fingerprint density at radius 1 is 1.21 bits per heavy atom. The van der Waals surface area contributed by atoms with Crippen molar-refractivity contribution in [3.63, 3.8) is 0 Å².